The summed E-state index contributed by atoms with van der Waals surface area (Å²) in [4.78, 5) is 6.64. The van der Waals surface area contributed by atoms with Gasteiger partial charge in [-0.1, -0.05) is 27.7 Å². The molecule has 0 aromatic carbocycles. The van der Waals surface area contributed by atoms with Crippen LogP contribution in [-0.4, -0.2) is 24.1 Å². The van der Waals surface area contributed by atoms with Gasteiger partial charge < -0.3 is 10.2 Å². The summed E-state index contributed by atoms with van der Waals surface area (Å²) >= 11 is 0. The molecule has 1 aromatic rings. The Morgan fingerprint density at radius 1 is 1.28 bits per heavy atom. The van der Waals surface area contributed by atoms with Crippen molar-refractivity contribution in [2.75, 3.05) is 11.9 Å². The lowest BCUT2D eigenvalue weighted by Crippen LogP contribution is -2.32. The maximum Gasteiger partial charge on any atom is 0.0598 e. The van der Waals surface area contributed by atoms with Gasteiger partial charge in [-0.2, -0.15) is 0 Å². The van der Waals surface area contributed by atoms with Crippen molar-refractivity contribution in [3.63, 3.8) is 0 Å². The van der Waals surface area contributed by atoms with Gasteiger partial charge in [0.2, 0.25) is 0 Å². The smallest absolute Gasteiger partial charge is 0.0598 e. The molecule has 1 N–H and O–H groups in total. The minimum atomic E-state index is 0.504. The number of aromatic nitrogens is 1. The summed E-state index contributed by atoms with van der Waals surface area (Å²) in [6.45, 7) is 9.73. The fourth-order valence-corrected chi connectivity index (χ4v) is 2.23. The molecule has 18 heavy (non-hydrogen) atoms. The van der Waals surface area contributed by atoms with Crippen LogP contribution in [0.25, 0.3) is 0 Å². The van der Waals surface area contributed by atoms with Crippen LogP contribution in [-0.2, 0) is 6.54 Å². The number of nitrogens with zero attached hydrogens (tertiary/aromatic N) is 2. The second kappa shape index (κ2) is 7.37. The molecule has 0 amide bonds. The molecule has 1 rings (SSSR count). The van der Waals surface area contributed by atoms with Crippen molar-refractivity contribution < 1.29 is 0 Å². The summed E-state index contributed by atoms with van der Waals surface area (Å²) in [6.07, 6.45) is 6.19. The van der Waals surface area contributed by atoms with Crippen molar-refractivity contribution in [1.82, 2.24) is 10.3 Å². The minimum Gasteiger partial charge on any atom is -0.370 e. The predicted molar refractivity (Wildman–Crippen MR) is 79.0 cm³/mol. The van der Waals surface area contributed by atoms with Gasteiger partial charge >= 0.3 is 0 Å². The molecule has 0 saturated carbocycles. The van der Waals surface area contributed by atoms with E-state index < -0.39 is 0 Å². The average Bonchev–Trinajstić information content (AvgIpc) is 2.38. The van der Waals surface area contributed by atoms with E-state index >= 15 is 0 Å². The zero-order chi connectivity index (χ0) is 13.5. The van der Waals surface area contributed by atoms with E-state index in [0.29, 0.717) is 12.1 Å². The molecule has 0 aliphatic rings. The average molecular weight is 249 g/mol. The zero-order valence-corrected chi connectivity index (χ0v) is 12.4. The van der Waals surface area contributed by atoms with Crippen LogP contribution in [0, 0.1) is 0 Å². The van der Waals surface area contributed by atoms with Crippen molar-refractivity contribution in [2.24, 2.45) is 0 Å². The van der Waals surface area contributed by atoms with E-state index in [-0.39, 0.29) is 0 Å². The summed E-state index contributed by atoms with van der Waals surface area (Å²) in [5.74, 6) is 0. The molecule has 1 aromatic heterocycles. The Morgan fingerprint density at radius 3 is 2.50 bits per heavy atom. The highest BCUT2D eigenvalue weighted by atomic mass is 15.1. The number of nitrogens with one attached hydrogen (secondary N) is 1. The van der Waals surface area contributed by atoms with Gasteiger partial charge in [-0.15, -0.1) is 0 Å². The van der Waals surface area contributed by atoms with E-state index in [1.807, 2.05) is 12.4 Å². The Kier molecular flexibility index (Phi) is 6.13. The molecular weight excluding hydrogens is 222 g/mol. The van der Waals surface area contributed by atoms with Crippen LogP contribution in [0.2, 0.25) is 0 Å². The van der Waals surface area contributed by atoms with Gasteiger partial charge in [0.1, 0.15) is 0 Å². The zero-order valence-electron chi connectivity index (χ0n) is 12.4. The Labute approximate surface area is 112 Å². The van der Waals surface area contributed by atoms with Crippen LogP contribution >= 0.6 is 0 Å². The third kappa shape index (κ3) is 3.98. The van der Waals surface area contributed by atoms with Crippen molar-refractivity contribution in [3.8, 4) is 0 Å². The fraction of sp³-hybridized carbons (Fsp3) is 0.667. The first-order chi connectivity index (χ1) is 8.60. The van der Waals surface area contributed by atoms with Crippen LogP contribution in [0.15, 0.2) is 18.5 Å². The van der Waals surface area contributed by atoms with E-state index in [9.17, 15) is 0 Å². The van der Waals surface area contributed by atoms with Gasteiger partial charge in [-0.25, -0.2) is 0 Å². The summed E-state index contributed by atoms with van der Waals surface area (Å²) in [5.41, 5.74) is 2.58. The molecule has 0 spiro atoms. The second-order valence-electron chi connectivity index (χ2n) is 5.12. The van der Waals surface area contributed by atoms with Crippen LogP contribution in [0.5, 0.6) is 0 Å². The molecular formula is C15H27N3. The number of hydrogen-bond acceptors (Lipinski definition) is 3. The number of anilines is 1. The number of rotatable bonds is 7. The first-order valence-corrected chi connectivity index (χ1v) is 6.99. The standard InChI is InChI=1S/C15H27N3/c1-6-14(7-2)18(5)15-11-16-9-8-13(15)10-17-12(3)4/h8-9,11-12,14,17H,6-7,10H2,1-5H3. The largest absolute Gasteiger partial charge is 0.370 e. The Hall–Kier alpha value is -1.09. The summed E-state index contributed by atoms with van der Waals surface area (Å²) < 4.78 is 0. The fourth-order valence-electron chi connectivity index (χ4n) is 2.23. The molecule has 0 radical (unpaired) electrons. The topological polar surface area (TPSA) is 28.2 Å². The molecule has 0 atom stereocenters. The minimum absolute atomic E-state index is 0.504. The third-order valence-electron chi connectivity index (χ3n) is 3.46. The van der Waals surface area contributed by atoms with Gasteiger partial charge in [0.15, 0.2) is 0 Å². The third-order valence-corrected chi connectivity index (χ3v) is 3.46. The molecule has 102 valence electrons. The van der Waals surface area contributed by atoms with E-state index in [2.05, 4.69) is 56.0 Å². The van der Waals surface area contributed by atoms with Crippen LogP contribution in [0.3, 0.4) is 0 Å². The van der Waals surface area contributed by atoms with E-state index in [1.165, 1.54) is 24.1 Å². The molecule has 0 fully saturated rings. The molecule has 0 unspecified atom stereocenters. The summed E-state index contributed by atoms with van der Waals surface area (Å²) in [6, 6.07) is 3.21. The highest BCUT2D eigenvalue weighted by molar-refractivity contribution is 5.51. The monoisotopic (exact) mass is 249 g/mol. The van der Waals surface area contributed by atoms with Gasteiger partial charge in [-0.3, -0.25) is 4.98 Å². The highest BCUT2D eigenvalue weighted by Gasteiger charge is 2.14. The first-order valence-electron chi connectivity index (χ1n) is 6.99. The predicted octanol–water partition coefficient (Wildman–Crippen LogP) is 3.20. The van der Waals surface area contributed by atoms with Crippen molar-refractivity contribution in [2.45, 2.75) is 59.2 Å². The van der Waals surface area contributed by atoms with Crippen LogP contribution < -0.4 is 10.2 Å². The molecule has 0 aliphatic heterocycles. The normalized spacial score (nSPS) is 11.3. The van der Waals surface area contributed by atoms with Gasteiger partial charge in [0, 0.05) is 31.9 Å². The quantitative estimate of drug-likeness (QED) is 0.804. The molecule has 1 heterocycles. The number of hydrogen-bond donors (Lipinski definition) is 1. The Bertz CT molecular complexity index is 345. The second-order valence-corrected chi connectivity index (χ2v) is 5.12. The Balaban J connectivity index is 2.86. The lowest BCUT2D eigenvalue weighted by molar-refractivity contribution is 0.572. The molecule has 3 nitrogen and oxygen atoms in total. The van der Waals surface area contributed by atoms with E-state index in [0.717, 1.165) is 6.54 Å². The van der Waals surface area contributed by atoms with Crippen molar-refractivity contribution in [3.05, 3.63) is 24.0 Å². The van der Waals surface area contributed by atoms with Crippen LogP contribution in [0.1, 0.15) is 46.1 Å². The van der Waals surface area contributed by atoms with Crippen LogP contribution in [0.4, 0.5) is 5.69 Å². The van der Waals surface area contributed by atoms with Crippen molar-refractivity contribution in [1.29, 1.82) is 0 Å². The molecule has 0 bridgehead atoms. The summed E-state index contributed by atoms with van der Waals surface area (Å²) in [5, 5.41) is 3.48. The van der Waals surface area contributed by atoms with E-state index in [1.54, 1.807) is 0 Å². The molecule has 0 saturated heterocycles. The lowest BCUT2D eigenvalue weighted by atomic mass is 10.1. The van der Waals surface area contributed by atoms with Gasteiger partial charge in [0.25, 0.3) is 0 Å². The van der Waals surface area contributed by atoms with Crippen molar-refractivity contribution >= 4 is 5.69 Å². The summed E-state index contributed by atoms with van der Waals surface area (Å²) in [7, 11) is 2.17. The lowest BCUT2D eigenvalue weighted by Gasteiger charge is -2.30. The van der Waals surface area contributed by atoms with E-state index in [4.69, 9.17) is 0 Å². The first kappa shape index (κ1) is 15.0. The molecule has 0 aliphatic carbocycles. The number of pyridine rings is 1. The maximum absolute atomic E-state index is 4.28. The van der Waals surface area contributed by atoms with Gasteiger partial charge in [-0.05, 0) is 24.5 Å². The maximum atomic E-state index is 4.28. The Morgan fingerprint density at radius 2 is 1.94 bits per heavy atom. The molecule has 3 heteroatoms. The van der Waals surface area contributed by atoms with Gasteiger partial charge in [0.05, 0.1) is 11.9 Å². The highest BCUT2D eigenvalue weighted by Crippen LogP contribution is 2.22. The SMILES string of the molecule is CCC(CC)N(C)c1cnccc1CNC(C)C.